The number of rotatable bonds is 9. The number of esters is 1. The van der Waals surface area contributed by atoms with Crippen molar-refractivity contribution in [2.75, 3.05) is 6.61 Å². The van der Waals surface area contributed by atoms with E-state index in [9.17, 15) is 18.0 Å². The molecular weight excluding hydrogens is 561 g/mol. The molecule has 0 atom stereocenters. The van der Waals surface area contributed by atoms with Crippen LogP contribution in [0, 0.1) is 11.3 Å². The van der Waals surface area contributed by atoms with Crippen LogP contribution in [0.3, 0.4) is 0 Å². The second-order valence-electron chi connectivity index (χ2n) is 9.08. The van der Waals surface area contributed by atoms with Crippen molar-refractivity contribution in [3.05, 3.63) is 120 Å². The molecule has 0 unspecified atom stereocenters. The van der Waals surface area contributed by atoms with Crippen LogP contribution in [-0.2, 0) is 17.5 Å². The maximum Gasteiger partial charge on any atom is 0.434 e. The fourth-order valence-electron chi connectivity index (χ4n) is 4.20. The van der Waals surface area contributed by atoms with Crippen molar-refractivity contribution in [1.29, 1.82) is 5.26 Å². The van der Waals surface area contributed by atoms with Crippen molar-refractivity contribution in [1.82, 2.24) is 14.8 Å². The van der Waals surface area contributed by atoms with E-state index in [1.165, 1.54) is 13.0 Å². The first-order chi connectivity index (χ1) is 20.8. The van der Waals surface area contributed by atoms with Crippen LogP contribution in [0.15, 0.2) is 97.2 Å². The largest absolute Gasteiger partial charge is 0.488 e. The van der Waals surface area contributed by atoms with Crippen molar-refractivity contribution in [3.63, 3.8) is 0 Å². The number of hydrogen-bond donors (Lipinski definition) is 0. The van der Waals surface area contributed by atoms with Crippen molar-refractivity contribution >= 4 is 5.97 Å². The topological polar surface area (TPSA) is 99.3 Å². The van der Waals surface area contributed by atoms with Crippen LogP contribution < -0.4 is 9.47 Å². The third kappa shape index (κ3) is 6.65. The molecular formula is C32H23F3N4O4. The Labute approximate surface area is 244 Å². The quantitative estimate of drug-likeness (QED) is 0.167. The molecule has 0 amide bonds. The Morgan fingerprint density at radius 1 is 0.930 bits per heavy atom. The lowest BCUT2D eigenvalue weighted by atomic mass is 10.1. The Morgan fingerprint density at radius 2 is 1.63 bits per heavy atom. The van der Waals surface area contributed by atoms with Gasteiger partial charge in [0.05, 0.1) is 30.1 Å². The van der Waals surface area contributed by atoms with E-state index in [1.54, 1.807) is 72.8 Å². The molecule has 43 heavy (non-hydrogen) atoms. The Balaban J connectivity index is 1.35. The van der Waals surface area contributed by atoms with Gasteiger partial charge in [0, 0.05) is 5.56 Å². The van der Waals surface area contributed by atoms with Gasteiger partial charge < -0.3 is 14.2 Å². The van der Waals surface area contributed by atoms with Crippen LogP contribution in [0.4, 0.5) is 13.2 Å². The number of halogens is 3. The number of benzene rings is 3. The van der Waals surface area contributed by atoms with Gasteiger partial charge in [-0.15, -0.1) is 0 Å². The summed E-state index contributed by atoms with van der Waals surface area (Å²) in [7, 11) is 0. The molecule has 0 N–H and O–H groups in total. The van der Waals surface area contributed by atoms with Gasteiger partial charge in [0.25, 0.3) is 0 Å². The molecule has 2 aromatic heterocycles. The third-order valence-electron chi connectivity index (χ3n) is 6.18. The minimum Gasteiger partial charge on any atom is -0.488 e. The predicted molar refractivity (Wildman–Crippen MR) is 150 cm³/mol. The average Bonchev–Trinajstić information content (AvgIpc) is 3.48. The van der Waals surface area contributed by atoms with Crippen LogP contribution in [0.25, 0.3) is 17.1 Å². The zero-order valence-corrected chi connectivity index (χ0v) is 22.7. The lowest BCUT2D eigenvalue weighted by molar-refractivity contribution is -0.143. The lowest BCUT2D eigenvalue weighted by Gasteiger charge is -2.14. The van der Waals surface area contributed by atoms with Gasteiger partial charge in [-0.3, -0.25) is 0 Å². The maximum atomic E-state index is 14.0. The van der Waals surface area contributed by atoms with Crippen LogP contribution in [0.2, 0.25) is 0 Å². The minimum absolute atomic E-state index is 0.0810. The fraction of sp³-hybridized carbons (Fsp3) is 0.125. The fourth-order valence-corrected chi connectivity index (χ4v) is 4.20. The van der Waals surface area contributed by atoms with Gasteiger partial charge >= 0.3 is 12.1 Å². The summed E-state index contributed by atoms with van der Waals surface area (Å²) in [5, 5.41) is 12.7. The molecule has 0 aliphatic carbocycles. The molecule has 0 bridgehead atoms. The Hall–Kier alpha value is -5.63. The van der Waals surface area contributed by atoms with Gasteiger partial charge in [0.2, 0.25) is 0 Å². The highest BCUT2D eigenvalue weighted by molar-refractivity contribution is 5.90. The summed E-state index contributed by atoms with van der Waals surface area (Å²) < 4.78 is 59.3. The molecule has 5 aromatic rings. The van der Waals surface area contributed by atoms with E-state index >= 15 is 0 Å². The Bertz CT molecular complexity index is 1780. The number of carbonyl (C=O) groups excluding carboxylic acids is 1. The van der Waals surface area contributed by atoms with E-state index < -0.39 is 23.4 Å². The first kappa shape index (κ1) is 28.9. The van der Waals surface area contributed by atoms with Crippen molar-refractivity contribution in [3.8, 4) is 40.4 Å². The molecule has 5 rings (SSSR count). The minimum atomic E-state index is -4.89. The summed E-state index contributed by atoms with van der Waals surface area (Å²) in [5.74, 6) is 0.422. The summed E-state index contributed by atoms with van der Waals surface area (Å²) >= 11 is 0. The van der Waals surface area contributed by atoms with Gasteiger partial charge in [-0.25, -0.2) is 14.5 Å². The molecule has 2 heterocycles. The molecule has 0 spiro atoms. The third-order valence-corrected chi connectivity index (χ3v) is 6.18. The monoisotopic (exact) mass is 584 g/mol. The molecule has 0 aliphatic rings. The molecule has 0 radical (unpaired) electrons. The second kappa shape index (κ2) is 12.5. The van der Waals surface area contributed by atoms with E-state index in [-0.39, 0.29) is 19.0 Å². The molecule has 11 heteroatoms. The van der Waals surface area contributed by atoms with Gasteiger partial charge in [0.15, 0.2) is 11.5 Å². The Kier molecular flexibility index (Phi) is 8.39. The number of aromatic nitrogens is 3. The summed E-state index contributed by atoms with van der Waals surface area (Å²) in [6.07, 6.45) is -4.06. The SMILES string of the molecule is CCOC(=O)c1cnn(-c2cccc(-c3ccccc3OCc3ccc(Oc4ccc(C#N)cc4)cc3)n2)c1C(F)(F)F. The van der Waals surface area contributed by atoms with Gasteiger partial charge in [-0.1, -0.05) is 30.3 Å². The van der Waals surface area contributed by atoms with Gasteiger partial charge in [0.1, 0.15) is 29.4 Å². The van der Waals surface area contributed by atoms with Gasteiger partial charge in [-0.2, -0.15) is 23.5 Å². The number of nitriles is 1. The van der Waals surface area contributed by atoms with E-state index in [4.69, 9.17) is 19.5 Å². The summed E-state index contributed by atoms with van der Waals surface area (Å²) in [5.41, 5.74) is 0.321. The molecule has 216 valence electrons. The van der Waals surface area contributed by atoms with Crippen LogP contribution >= 0.6 is 0 Å². The normalized spacial score (nSPS) is 11.0. The first-order valence-electron chi connectivity index (χ1n) is 13.1. The zero-order chi connectivity index (χ0) is 30.4. The number of ether oxygens (including phenoxy) is 3. The van der Waals surface area contributed by atoms with E-state index in [0.29, 0.717) is 38.8 Å². The number of nitrogens with zero attached hydrogens (tertiary/aromatic N) is 4. The van der Waals surface area contributed by atoms with Crippen molar-refractivity contribution < 1.29 is 32.2 Å². The van der Waals surface area contributed by atoms with Crippen LogP contribution in [0.5, 0.6) is 17.2 Å². The smallest absolute Gasteiger partial charge is 0.434 e. The summed E-state index contributed by atoms with van der Waals surface area (Å²) in [6, 6.07) is 27.7. The highest BCUT2D eigenvalue weighted by Crippen LogP contribution is 2.35. The van der Waals surface area contributed by atoms with Gasteiger partial charge in [-0.05, 0) is 73.2 Å². The Morgan fingerprint density at radius 3 is 2.30 bits per heavy atom. The average molecular weight is 585 g/mol. The summed E-state index contributed by atoms with van der Waals surface area (Å²) in [4.78, 5) is 16.6. The highest BCUT2D eigenvalue weighted by atomic mass is 19.4. The van der Waals surface area contributed by atoms with Crippen molar-refractivity contribution in [2.45, 2.75) is 19.7 Å². The molecule has 8 nitrogen and oxygen atoms in total. The predicted octanol–water partition coefficient (Wildman–Crippen LogP) is 7.37. The molecule has 0 fully saturated rings. The van der Waals surface area contributed by atoms with Crippen LogP contribution in [0.1, 0.15) is 34.1 Å². The number of alkyl halides is 3. The van der Waals surface area contributed by atoms with E-state index in [2.05, 4.69) is 16.2 Å². The highest BCUT2D eigenvalue weighted by Gasteiger charge is 2.41. The van der Waals surface area contributed by atoms with Crippen molar-refractivity contribution in [2.24, 2.45) is 0 Å². The van der Waals surface area contributed by atoms with E-state index in [1.807, 2.05) is 12.1 Å². The molecule has 0 aliphatic heterocycles. The molecule has 3 aromatic carbocycles. The number of pyridine rings is 1. The standard InChI is InChI=1S/C32H23F3N4O4/c1-2-41-31(40)26-19-37-39(30(26)32(33,34)35)29-9-5-7-27(38-29)25-6-3-4-8-28(25)42-20-22-12-16-24(17-13-22)43-23-14-10-21(18-36)11-15-23/h3-17,19H,2,20H2,1H3. The summed E-state index contributed by atoms with van der Waals surface area (Å²) in [6.45, 7) is 1.62. The lowest BCUT2D eigenvalue weighted by Crippen LogP contribution is -2.19. The number of hydrogen-bond acceptors (Lipinski definition) is 7. The zero-order valence-electron chi connectivity index (χ0n) is 22.7. The number of carbonyl (C=O) groups is 1. The van der Waals surface area contributed by atoms with E-state index in [0.717, 1.165) is 11.8 Å². The molecule has 0 saturated heterocycles. The first-order valence-corrected chi connectivity index (χ1v) is 13.1. The number of para-hydroxylation sites is 1. The maximum absolute atomic E-state index is 14.0. The second-order valence-corrected chi connectivity index (χ2v) is 9.08. The molecule has 0 saturated carbocycles. The van der Waals surface area contributed by atoms with Crippen LogP contribution in [-0.4, -0.2) is 27.3 Å².